The van der Waals surface area contributed by atoms with Crippen molar-refractivity contribution >= 4 is 67.7 Å². The summed E-state index contributed by atoms with van der Waals surface area (Å²) in [4.78, 5) is 123. The largest absolute Gasteiger partial charge is 0.416 e. The molecular weight excluding hydrogens is 1750 g/mol. The third kappa shape index (κ3) is 17.3. The molecule has 0 bridgehead atoms. The second-order valence-corrected chi connectivity index (χ2v) is 34.0. The summed E-state index contributed by atoms with van der Waals surface area (Å²) < 4.78 is 148. The van der Waals surface area contributed by atoms with Crippen LogP contribution in [0.2, 0.25) is 0 Å². The number of carbonyl (C=O) groups excluding carboxylic acids is 4. The summed E-state index contributed by atoms with van der Waals surface area (Å²) in [6.45, 7) is 21.2. The molecule has 4 amide bonds. The predicted octanol–water partition coefficient (Wildman–Crippen LogP) is 14.8. The number of carbonyl (C=O) groups is 4. The Morgan fingerprint density at radius 1 is 0.321 bits per heavy atom. The van der Waals surface area contributed by atoms with Crippen LogP contribution in [0.15, 0.2) is 214 Å². The molecule has 134 heavy (non-hydrogen) atoms. The molecule has 0 radical (unpaired) electrons. The van der Waals surface area contributed by atoms with E-state index in [1.165, 1.54) is 52.2 Å². The van der Waals surface area contributed by atoms with Gasteiger partial charge in [-0.15, -0.1) is 0 Å². The number of hydrogen-bond donors (Lipinski definition) is 0. The molecule has 38 heteroatoms. The van der Waals surface area contributed by atoms with Gasteiger partial charge in [0.25, 0.3) is 22.2 Å². The number of hydrogen-bond acceptors (Lipinski definition) is 16. The molecule has 8 aromatic carbocycles. The molecule has 4 fully saturated rings. The van der Waals surface area contributed by atoms with E-state index in [-0.39, 0.29) is 113 Å². The lowest BCUT2D eigenvalue weighted by Gasteiger charge is -2.37. The number of rotatable bonds is 6. The highest BCUT2D eigenvalue weighted by atomic mass is 19.4. The van der Waals surface area contributed by atoms with Crippen LogP contribution >= 0.6 is 0 Å². The number of nitrogens with zero attached hydrogens (tertiary/aromatic N) is 20. The highest BCUT2D eigenvalue weighted by molar-refractivity contribution is 6.04. The Labute approximate surface area is 758 Å². The molecule has 0 atom stereocenters. The normalized spacial score (nSPS) is 15.3. The van der Waals surface area contributed by atoms with E-state index in [0.717, 1.165) is 57.9 Å². The van der Waals surface area contributed by atoms with Gasteiger partial charge >= 0.3 is 36.5 Å². The molecule has 0 N–H and O–H groups in total. The first-order valence-electron chi connectivity index (χ1n) is 43.4. The summed E-state index contributed by atoms with van der Waals surface area (Å²) in [7, 11) is 3.93. The second-order valence-electron chi connectivity index (χ2n) is 34.0. The Morgan fingerprint density at radius 2 is 0.590 bits per heavy atom. The standard InChI is InChI=1S/C25H24F3N5O2.C25H25F2N5O2.C23H20F3N5O2.C23H21F2N5O2/c1-16(2)30-10-12-31(13-11-30)24(35)32-15-20-22(19-14-17(25(26,27)28)8-9-21(19)32)29-33(23(20)34)18-6-4-3-5-7-18;1-15(2)29-9-11-30(12-10-29)25(34)31-16(3)22-23(18-13-19(26)20(27)14-21(18)31)28-32(24(22)33)17-7-5-4-6-8-17;1-28-9-11-29(12-10-28)22(33)30-14-18-20(17-13-15(23(24,25)26)7-8-19(17)30)27-31(21(18)32)16-5-3-2-4-6-16;1-14-20-21(26-30(22(20)31)15-6-4-3-5-7-15)16-12-17(24)18(25)13-19(16)29(14)23(32)28-10-8-27(2)9-11-28/h3-9,14-16H,10-13H2,1-2H3;4-8,13-15H,9-12H2,1-3H3;2-8,13-14H,9-12H2,1H3;3-7,12-13H,8-11H2,1-2H3. The SMILES string of the molecule is CC(C)N1CCN(C(=O)n2cc3c(=O)n(-c4ccccc4)nc-3c3cc(C(F)(F)F)ccc32)CC1.CN1CCN(C(=O)n2cc3c(=O)n(-c4ccccc4)nc-3c3cc(C(F)(F)F)ccc32)CC1.Cc1c2c(=O)n(-c3ccccc3)nc-2c2cc(F)c(F)cc2n1C(=O)N1CCN(C(C)C)CC1.Cc1c2c(=O)n(-c3ccccc3)nc-2c2cc(F)c(F)cc2n1C(=O)N1CCN(C)CC1. The lowest BCUT2D eigenvalue weighted by molar-refractivity contribution is -0.138. The first-order chi connectivity index (χ1) is 64.0. The Bertz CT molecular complexity index is 7300. The minimum atomic E-state index is -4.58. The summed E-state index contributed by atoms with van der Waals surface area (Å²) in [5.74, 6) is -4.27. The van der Waals surface area contributed by atoms with E-state index >= 15 is 0 Å². The Balaban J connectivity index is 0.000000124. The van der Waals surface area contributed by atoms with E-state index in [9.17, 15) is 82.3 Å². The number of para-hydroxylation sites is 4. The van der Waals surface area contributed by atoms with Gasteiger partial charge in [0.05, 0.1) is 78.2 Å². The number of likely N-dealkylation sites (N-methyl/N-ethyl adjacent to an activating group) is 2. The van der Waals surface area contributed by atoms with Gasteiger partial charge in [-0.05, 0) is 153 Å². The third-order valence-corrected chi connectivity index (χ3v) is 25.1. The molecule has 12 aliphatic rings. The van der Waals surface area contributed by atoms with E-state index in [0.29, 0.717) is 151 Å². The Morgan fingerprint density at radius 3 is 0.888 bits per heavy atom. The van der Waals surface area contributed by atoms with Crippen LogP contribution in [0.5, 0.6) is 0 Å². The van der Waals surface area contributed by atoms with Crippen molar-refractivity contribution in [1.82, 2.24) is 96.6 Å². The summed E-state index contributed by atoms with van der Waals surface area (Å²) in [5, 5.41) is 18.2. The van der Waals surface area contributed by atoms with E-state index < -0.39 is 69.0 Å². The minimum absolute atomic E-state index is 0.0770. The van der Waals surface area contributed by atoms with Gasteiger partial charge in [0.1, 0.15) is 22.8 Å². The fourth-order valence-corrected chi connectivity index (χ4v) is 17.6. The summed E-state index contributed by atoms with van der Waals surface area (Å²) in [6.07, 6.45) is -6.37. The van der Waals surface area contributed by atoms with Crippen LogP contribution in [0.3, 0.4) is 0 Å². The van der Waals surface area contributed by atoms with Crippen molar-refractivity contribution in [2.75, 3.05) is 119 Å². The maximum Gasteiger partial charge on any atom is 0.416 e. The van der Waals surface area contributed by atoms with Crippen molar-refractivity contribution < 1.29 is 63.1 Å². The Hall–Kier alpha value is -14.5. The highest BCUT2D eigenvalue weighted by Crippen LogP contribution is 2.41. The molecule has 4 saturated heterocycles. The molecular formula is C96H90F10N20O8. The van der Waals surface area contributed by atoms with Crippen molar-refractivity contribution in [3.63, 3.8) is 0 Å². The molecule has 12 heterocycles. The zero-order valence-corrected chi connectivity index (χ0v) is 73.9. The average molecular weight is 1840 g/mol. The fourth-order valence-electron chi connectivity index (χ4n) is 17.6. The molecule has 12 aliphatic heterocycles. The third-order valence-electron chi connectivity index (χ3n) is 25.1. The van der Waals surface area contributed by atoms with Crippen LogP contribution < -0.4 is 22.2 Å². The van der Waals surface area contributed by atoms with Gasteiger partial charge in [0.15, 0.2) is 23.3 Å². The van der Waals surface area contributed by atoms with Crippen molar-refractivity contribution in [3.05, 3.63) is 282 Å². The first kappa shape index (κ1) is 91.4. The summed E-state index contributed by atoms with van der Waals surface area (Å²) in [6, 6.07) is 44.5. The zero-order chi connectivity index (χ0) is 94.9. The molecule has 0 unspecified atom stereocenters. The van der Waals surface area contributed by atoms with Crippen molar-refractivity contribution in [2.24, 2.45) is 0 Å². The van der Waals surface area contributed by atoms with Crippen LogP contribution in [-0.2, 0) is 12.4 Å². The van der Waals surface area contributed by atoms with Crippen molar-refractivity contribution in [2.45, 2.75) is 66.0 Å². The molecule has 0 spiro atoms. The van der Waals surface area contributed by atoms with Crippen LogP contribution in [-0.4, -0.2) is 252 Å². The number of aromatic nitrogens is 12. The van der Waals surface area contributed by atoms with Gasteiger partial charge in [-0.2, -0.15) is 65.5 Å². The van der Waals surface area contributed by atoms with E-state index in [1.54, 1.807) is 143 Å². The number of amides is 4. The fraction of sp³-hybridized carbons (Fsp3) is 0.292. The van der Waals surface area contributed by atoms with Gasteiger partial charge < -0.3 is 29.4 Å². The van der Waals surface area contributed by atoms with E-state index in [2.05, 4.69) is 67.7 Å². The number of alkyl halides is 6. The second kappa shape index (κ2) is 36.6. The van der Waals surface area contributed by atoms with Gasteiger partial charge in [-0.3, -0.25) is 47.2 Å². The summed E-state index contributed by atoms with van der Waals surface area (Å²) in [5.41, 5.74) is 1.29. The molecule has 0 aromatic heterocycles. The lowest BCUT2D eigenvalue weighted by Crippen LogP contribution is -2.52. The quantitative estimate of drug-likeness (QED) is 0.140. The summed E-state index contributed by atoms with van der Waals surface area (Å²) >= 11 is 0. The van der Waals surface area contributed by atoms with E-state index in [4.69, 9.17) is 0 Å². The van der Waals surface area contributed by atoms with Gasteiger partial charge in [0, 0.05) is 174 Å². The van der Waals surface area contributed by atoms with Crippen LogP contribution in [0.25, 0.3) is 111 Å². The first-order valence-corrected chi connectivity index (χ1v) is 43.4. The maximum atomic E-state index is 14.3. The topological polar surface area (TPSA) is 253 Å². The van der Waals surface area contributed by atoms with Gasteiger partial charge in [-0.25, -0.2) is 36.7 Å². The molecule has 692 valence electrons. The minimum Gasteiger partial charge on any atom is -0.321 e. The maximum absolute atomic E-state index is 14.3. The zero-order valence-electron chi connectivity index (χ0n) is 73.9. The average Bonchev–Trinajstić information content (AvgIpc) is 1.35. The highest BCUT2D eigenvalue weighted by Gasteiger charge is 2.39. The number of pyridine rings is 4. The molecule has 0 saturated carbocycles. The van der Waals surface area contributed by atoms with E-state index in [1.807, 2.05) is 26.2 Å². The number of halogens is 10. The molecule has 8 aromatic rings. The monoisotopic (exact) mass is 1840 g/mol. The molecule has 0 aliphatic carbocycles. The molecule has 28 nitrogen and oxygen atoms in total. The number of fused-ring (bicyclic) bond motifs is 12. The van der Waals surface area contributed by atoms with Crippen molar-refractivity contribution in [3.8, 4) is 67.8 Å². The van der Waals surface area contributed by atoms with Gasteiger partial charge in [-0.1, -0.05) is 72.8 Å². The van der Waals surface area contributed by atoms with Crippen LogP contribution in [0.4, 0.5) is 63.1 Å². The molecule has 20 rings (SSSR count). The number of benzene rings is 8. The smallest absolute Gasteiger partial charge is 0.321 e. The Kier molecular flexibility index (Phi) is 24.9. The van der Waals surface area contributed by atoms with Crippen molar-refractivity contribution in [1.29, 1.82) is 0 Å². The van der Waals surface area contributed by atoms with Crippen LogP contribution in [0.1, 0.15) is 50.2 Å². The number of piperazine rings is 4. The lowest BCUT2D eigenvalue weighted by atomic mass is 10.0. The van der Waals surface area contributed by atoms with Gasteiger partial charge in [0.2, 0.25) is 0 Å². The van der Waals surface area contributed by atoms with Crippen LogP contribution in [0, 0.1) is 37.1 Å². The predicted molar refractivity (Wildman–Crippen MR) is 485 cm³/mol.